The Balaban J connectivity index is 1.95. The van der Waals surface area contributed by atoms with Gasteiger partial charge in [-0.25, -0.2) is 14.4 Å². The predicted octanol–water partition coefficient (Wildman–Crippen LogP) is 4.79. The van der Waals surface area contributed by atoms with Crippen molar-refractivity contribution in [1.29, 1.82) is 0 Å². The Morgan fingerprint density at radius 2 is 2.10 bits per heavy atom. The average Bonchev–Trinajstić information content (AvgIpc) is 3.35. The number of thiazole rings is 2. The predicted molar refractivity (Wildman–Crippen MR) is 109 cm³/mol. The van der Waals surface area contributed by atoms with Crippen LogP contribution in [0.5, 0.6) is 0 Å². The van der Waals surface area contributed by atoms with Gasteiger partial charge in [-0.15, -0.1) is 22.7 Å². The van der Waals surface area contributed by atoms with E-state index in [-0.39, 0.29) is 26.2 Å². The summed E-state index contributed by atoms with van der Waals surface area (Å²) in [7, 11) is 0. The maximum atomic E-state index is 14.8. The van der Waals surface area contributed by atoms with Crippen LogP contribution in [0.2, 0.25) is 5.02 Å². The molecule has 10 heteroatoms. The second-order valence-electron chi connectivity index (χ2n) is 6.27. The van der Waals surface area contributed by atoms with Crippen LogP contribution in [-0.4, -0.2) is 26.8 Å². The van der Waals surface area contributed by atoms with E-state index in [2.05, 4.69) is 9.97 Å². The fraction of sp³-hybridized carbons (Fsp3) is 0.158. The van der Waals surface area contributed by atoms with E-state index in [0.717, 1.165) is 27.6 Å². The number of aromatic nitrogens is 2. The van der Waals surface area contributed by atoms with Gasteiger partial charge >= 0.3 is 0 Å². The number of benzene rings is 1. The molecule has 0 bridgehead atoms. The number of halogens is 2. The molecule has 1 amide bonds. The number of carbonyl (C=O) groups excluding carboxylic acids is 2. The molecular weight excluding hydrogens is 437 g/mol. The molecule has 2 aromatic heterocycles. The molecule has 1 aliphatic rings. The molecule has 0 saturated heterocycles. The summed E-state index contributed by atoms with van der Waals surface area (Å²) in [5.74, 6) is -2.89. The van der Waals surface area contributed by atoms with Crippen LogP contribution >= 0.6 is 34.3 Å². The Labute approximate surface area is 177 Å². The van der Waals surface area contributed by atoms with Gasteiger partial charge in [0.2, 0.25) is 5.78 Å². The van der Waals surface area contributed by atoms with Gasteiger partial charge in [0.05, 0.1) is 21.2 Å². The monoisotopic (exact) mass is 449 g/mol. The lowest BCUT2D eigenvalue weighted by molar-refractivity contribution is -0.117. The molecule has 1 unspecified atom stereocenters. The van der Waals surface area contributed by atoms with Gasteiger partial charge in [-0.3, -0.25) is 14.5 Å². The van der Waals surface area contributed by atoms with Crippen LogP contribution in [0.3, 0.4) is 0 Å². The third-order valence-corrected chi connectivity index (χ3v) is 6.63. The van der Waals surface area contributed by atoms with Crippen molar-refractivity contribution in [2.24, 2.45) is 0 Å². The highest BCUT2D eigenvalue weighted by Gasteiger charge is 2.47. The highest BCUT2D eigenvalue weighted by Crippen LogP contribution is 2.45. The summed E-state index contributed by atoms with van der Waals surface area (Å²) < 4.78 is 14.8. The maximum absolute atomic E-state index is 14.8. The zero-order chi connectivity index (χ0) is 20.9. The van der Waals surface area contributed by atoms with Crippen molar-refractivity contribution < 1.29 is 19.1 Å². The third kappa shape index (κ3) is 3.15. The summed E-state index contributed by atoms with van der Waals surface area (Å²) in [6, 6.07) is 2.82. The molecule has 3 heterocycles. The molecule has 3 aromatic rings. The van der Waals surface area contributed by atoms with E-state index >= 15 is 0 Å². The van der Waals surface area contributed by atoms with E-state index in [1.165, 1.54) is 24.4 Å². The van der Waals surface area contributed by atoms with E-state index in [9.17, 15) is 19.1 Å². The fourth-order valence-corrected chi connectivity index (χ4v) is 5.09. The number of aryl methyl sites for hydroxylation is 2. The Morgan fingerprint density at radius 3 is 2.69 bits per heavy atom. The van der Waals surface area contributed by atoms with Gasteiger partial charge in [-0.2, -0.15) is 0 Å². The van der Waals surface area contributed by atoms with Crippen LogP contribution < -0.4 is 4.90 Å². The largest absolute Gasteiger partial charge is 0.503 e. The van der Waals surface area contributed by atoms with Gasteiger partial charge in [-0.1, -0.05) is 17.7 Å². The lowest BCUT2D eigenvalue weighted by Gasteiger charge is -2.25. The van der Waals surface area contributed by atoms with Crippen molar-refractivity contribution in [3.05, 3.63) is 73.1 Å². The first-order valence-electron chi connectivity index (χ1n) is 8.40. The molecule has 1 atom stereocenters. The molecule has 1 aliphatic heterocycles. The Bertz CT molecular complexity index is 1150. The van der Waals surface area contributed by atoms with Crippen molar-refractivity contribution in [1.82, 2.24) is 9.97 Å². The second kappa shape index (κ2) is 7.33. The Morgan fingerprint density at radius 1 is 1.34 bits per heavy atom. The molecule has 1 N–H and O–H groups in total. The van der Waals surface area contributed by atoms with E-state index < -0.39 is 29.3 Å². The van der Waals surface area contributed by atoms with Crippen molar-refractivity contribution >= 4 is 51.1 Å². The quantitative estimate of drug-likeness (QED) is 0.579. The fourth-order valence-electron chi connectivity index (χ4n) is 3.28. The molecule has 0 spiro atoms. The molecule has 0 radical (unpaired) electrons. The Hall–Kier alpha value is -2.62. The molecule has 0 aliphatic carbocycles. The van der Waals surface area contributed by atoms with E-state index in [4.69, 9.17) is 11.6 Å². The summed E-state index contributed by atoms with van der Waals surface area (Å²) in [6.45, 7) is 3.41. The molecule has 0 fully saturated rings. The topological polar surface area (TPSA) is 83.4 Å². The molecule has 4 rings (SSSR count). The number of hydrogen-bond donors (Lipinski definition) is 1. The zero-order valence-electron chi connectivity index (χ0n) is 15.1. The van der Waals surface area contributed by atoms with Gasteiger partial charge in [0.1, 0.15) is 11.9 Å². The van der Waals surface area contributed by atoms with E-state index in [0.29, 0.717) is 10.7 Å². The summed E-state index contributed by atoms with van der Waals surface area (Å²) in [6.07, 6.45) is 1.47. The van der Waals surface area contributed by atoms with Crippen molar-refractivity contribution in [2.75, 3.05) is 4.90 Å². The van der Waals surface area contributed by atoms with E-state index in [1.54, 1.807) is 19.2 Å². The molecule has 29 heavy (non-hydrogen) atoms. The van der Waals surface area contributed by atoms with Gasteiger partial charge in [0.15, 0.2) is 10.9 Å². The number of rotatable bonds is 4. The van der Waals surface area contributed by atoms with Crippen LogP contribution in [0, 0.1) is 19.7 Å². The van der Waals surface area contributed by atoms with Gasteiger partial charge in [0.25, 0.3) is 5.91 Å². The van der Waals surface area contributed by atoms with Crippen molar-refractivity contribution in [3.8, 4) is 0 Å². The number of nitrogens with zero attached hydrogens (tertiary/aromatic N) is 3. The van der Waals surface area contributed by atoms with Crippen molar-refractivity contribution in [2.45, 2.75) is 19.9 Å². The summed E-state index contributed by atoms with van der Waals surface area (Å²) >= 11 is 8.53. The minimum absolute atomic E-state index is 0.0292. The first kappa shape index (κ1) is 19.7. The molecular formula is C19H13ClFN3O3S2. The summed E-state index contributed by atoms with van der Waals surface area (Å²) in [5, 5.41) is 13.2. The minimum Gasteiger partial charge on any atom is -0.503 e. The van der Waals surface area contributed by atoms with Crippen LogP contribution in [-0.2, 0) is 4.79 Å². The number of aliphatic hydroxyl groups excluding tert-OH is 1. The van der Waals surface area contributed by atoms with Gasteiger partial charge < -0.3 is 5.11 Å². The smallest absolute Gasteiger partial charge is 0.296 e. The second-order valence-corrected chi connectivity index (χ2v) is 8.75. The lowest BCUT2D eigenvalue weighted by Crippen LogP contribution is -2.31. The third-order valence-electron chi connectivity index (χ3n) is 4.46. The van der Waals surface area contributed by atoms with Crippen LogP contribution in [0.4, 0.5) is 9.52 Å². The molecule has 148 valence electrons. The van der Waals surface area contributed by atoms with Crippen molar-refractivity contribution in [3.63, 3.8) is 0 Å². The SMILES string of the molecule is Cc1nc(C)c(C(=O)C2=C(O)C(=O)N(c3nccs3)C2c2c(F)cccc2Cl)s1. The number of anilines is 1. The Kier molecular flexibility index (Phi) is 4.97. The highest BCUT2D eigenvalue weighted by molar-refractivity contribution is 7.14. The van der Waals surface area contributed by atoms with Crippen LogP contribution in [0.1, 0.15) is 32.0 Å². The lowest BCUT2D eigenvalue weighted by atomic mass is 9.94. The summed E-state index contributed by atoms with van der Waals surface area (Å²) in [4.78, 5) is 36.0. The normalized spacial score (nSPS) is 16.8. The number of ketones is 1. The summed E-state index contributed by atoms with van der Waals surface area (Å²) in [5.41, 5.74) is 0.143. The highest BCUT2D eigenvalue weighted by atomic mass is 35.5. The molecule has 6 nitrogen and oxygen atoms in total. The van der Waals surface area contributed by atoms with Crippen LogP contribution in [0.15, 0.2) is 41.1 Å². The average molecular weight is 450 g/mol. The number of hydrogen-bond acceptors (Lipinski definition) is 7. The van der Waals surface area contributed by atoms with Gasteiger partial charge in [0, 0.05) is 22.2 Å². The minimum atomic E-state index is -1.25. The number of amides is 1. The molecule has 1 aromatic carbocycles. The number of carbonyl (C=O) groups is 2. The van der Waals surface area contributed by atoms with Crippen LogP contribution in [0.25, 0.3) is 0 Å². The first-order valence-corrected chi connectivity index (χ1v) is 10.5. The standard InChI is InChI=1S/C19H13ClFN3O3S2/c1-8-17(29-9(2)23-8)15(25)13-14(12-10(20)4-3-5-11(12)21)24(18(27)16(13)26)19-22-6-7-28-19/h3-7,14,26H,1-2H3. The number of Topliss-reactive ketones (excluding diaryl/α,β-unsaturated/α-hetero) is 1. The maximum Gasteiger partial charge on any atom is 0.296 e. The van der Waals surface area contributed by atoms with E-state index in [1.807, 2.05) is 0 Å². The zero-order valence-corrected chi connectivity index (χ0v) is 17.5. The molecule has 0 saturated carbocycles. The van der Waals surface area contributed by atoms with Gasteiger partial charge in [-0.05, 0) is 26.0 Å². The first-order chi connectivity index (χ1) is 13.8. The number of aliphatic hydroxyl groups is 1.